The fourth-order valence-electron chi connectivity index (χ4n) is 1.60. The number of carboxylic acids is 1. The Balaban J connectivity index is 2.87. The van der Waals surface area contributed by atoms with E-state index in [0.29, 0.717) is 6.54 Å². The molecule has 1 aromatic rings. The first kappa shape index (κ1) is 12.5. The van der Waals surface area contributed by atoms with Crippen molar-refractivity contribution >= 4 is 5.97 Å². The second kappa shape index (κ2) is 5.49. The van der Waals surface area contributed by atoms with Gasteiger partial charge in [0.2, 0.25) is 0 Å². The van der Waals surface area contributed by atoms with Crippen molar-refractivity contribution in [2.75, 3.05) is 0 Å². The number of hydrogen-bond acceptors (Lipinski definition) is 2. The summed E-state index contributed by atoms with van der Waals surface area (Å²) >= 11 is 0. The lowest BCUT2D eigenvalue weighted by Gasteiger charge is -2.05. The molecule has 1 rings (SSSR count). The largest absolute Gasteiger partial charge is 0.478 e. The molecule has 0 aliphatic carbocycles. The van der Waals surface area contributed by atoms with Crippen molar-refractivity contribution in [3.05, 3.63) is 29.1 Å². The smallest absolute Gasteiger partial charge is 0.328 e. The van der Waals surface area contributed by atoms with E-state index in [-0.39, 0.29) is 0 Å². The molecule has 0 atom stereocenters. The molecule has 4 heteroatoms. The molecule has 0 saturated carbocycles. The van der Waals surface area contributed by atoms with E-state index in [1.54, 1.807) is 6.92 Å². The number of carboxylic acid groups (broad SMARTS) is 1. The maximum atomic E-state index is 10.5. The summed E-state index contributed by atoms with van der Waals surface area (Å²) in [6.45, 7) is 6.49. The first-order valence-corrected chi connectivity index (χ1v) is 5.52. The van der Waals surface area contributed by atoms with Crippen LogP contribution in [0.4, 0.5) is 0 Å². The van der Waals surface area contributed by atoms with Crippen molar-refractivity contribution < 1.29 is 9.90 Å². The number of allylic oxidation sites excluding steroid dienone is 1. The van der Waals surface area contributed by atoms with Crippen molar-refractivity contribution in [2.45, 2.75) is 40.2 Å². The van der Waals surface area contributed by atoms with Gasteiger partial charge in [-0.15, -0.1) is 0 Å². The highest BCUT2D eigenvalue weighted by Gasteiger charge is 2.05. The fourth-order valence-corrected chi connectivity index (χ4v) is 1.60. The number of aryl methyl sites for hydroxylation is 2. The first-order chi connectivity index (χ1) is 7.56. The Morgan fingerprint density at radius 1 is 1.50 bits per heavy atom. The van der Waals surface area contributed by atoms with Crippen LogP contribution in [0.15, 0.2) is 17.7 Å². The maximum absolute atomic E-state index is 10.5. The summed E-state index contributed by atoms with van der Waals surface area (Å²) in [4.78, 5) is 10.5. The molecular weight excluding hydrogens is 204 g/mol. The molecule has 88 valence electrons. The number of rotatable bonds is 5. The summed E-state index contributed by atoms with van der Waals surface area (Å²) in [6, 6.07) is 2.08. The molecule has 0 spiro atoms. The Labute approximate surface area is 95.6 Å². The Bertz CT molecular complexity index is 405. The number of nitrogens with zero attached hydrogens (tertiary/aromatic N) is 2. The molecule has 0 unspecified atom stereocenters. The van der Waals surface area contributed by atoms with Gasteiger partial charge in [-0.05, 0) is 31.4 Å². The summed E-state index contributed by atoms with van der Waals surface area (Å²) in [5, 5.41) is 13.1. The summed E-state index contributed by atoms with van der Waals surface area (Å²) in [7, 11) is 0. The summed E-state index contributed by atoms with van der Waals surface area (Å²) < 4.78 is 1.88. The third kappa shape index (κ3) is 3.22. The molecule has 0 fully saturated rings. The summed E-state index contributed by atoms with van der Waals surface area (Å²) in [5.74, 6) is -0.904. The molecule has 1 aromatic heterocycles. The third-order valence-electron chi connectivity index (χ3n) is 2.41. The SMILES string of the molecule is CCc1cc(CC)n(C/C(C)=C/C(=O)O)n1. The van der Waals surface area contributed by atoms with Gasteiger partial charge in [0.15, 0.2) is 0 Å². The van der Waals surface area contributed by atoms with E-state index in [2.05, 4.69) is 25.0 Å². The molecule has 0 aliphatic heterocycles. The van der Waals surface area contributed by atoms with Crippen molar-refractivity contribution in [1.82, 2.24) is 9.78 Å². The first-order valence-electron chi connectivity index (χ1n) is 5.52. The van der Waals surface area contributed by atoms with Crippen LogP contribution in [0.2, 0.25) is 0 Å². The molecule has 0 radical (unpaired) electrons. The van der Waals surface area contributed by atoms with Crippen molar-refractivity contribution in [3.8, 4) is 0 Å². The van der Waals surface area contributed by atoms with Gasteiger partial charge in [0.25, 0.3) is 0 Å². The molecular formula is C12H18N2O2. The van der Waals surface area contributed by atoms with Crippen LogP contribution >= 0.6 is 0 Å². The zero-order chi connectivity index (χ0) is 12.1. The summed E-state index contributed by atoms with van der Waals surface area (Å²) in [6.07, 6.45) is 3.04. The van der Waals surface area contributed by atoms with Gasteiger partial charge < -0.3 is 5.11 Å². The van der Waals surface area contributed by atoms with Gasteiger partial charge in [0.1, 0.15) is 0 Å². The minimum absolute atomic E-state index is 0.551. The lowest BCUT2D eigenvalue weighted by Crippen LogP contribution is -2.06. The second-order valence-corrected chi connectivity index (χ2v) is 3.82. The topological polar surface area (TPSA) is 55.1 Å². The number of aromatic nitrogens is 2. The zero-order valence-corrected chi connectivity index (χ0v) is 10.0. The lowest BCUT2D eigenvalue weighted by molar-refractivity contribution is -0.131. The van der Waals surface area contributed by atoms with Gasteiger partial charge in [0.05, 0.1) is 12.2 Å². The molecule has 16 heavy (non-hydrogen) atoms. The van der Waals surface area contributed by atoms with Gasteiger partial charge in [-0.3, -0.25) is 4.68 Å². The van der Waals surface area contributed by atoms with E-state index in [1.807, 2.05) is 4.68 Å². The van der Waals surface area contributed by atoms with E-state index in [1.165, 1.54) is 6.08 Å². The summed E-state index contributed by atoms with van der Waals surface area (Å²) in [5.41, 5.74) is 3.00. The van der Waals surface area contributed by atoms with Crippen LogP contribution in [0.1, 0.15) is 32.2 Å². The number of aliphatic carboxylic acids is 1. The molecule has 0 aliphatic rings. The minimum atomic E-state index is -0.904. The van der Waals surface area contributed by atoms with Crippen molar-refractivity contribution in [2.24, 2.45) is 0 Å². The number of carbonyl (C=O) groups is 1. The minimum Gasteiger partial charge on any atom is -0.478 e. The second-order valence-electron chi connectivity index (χ2n) is 3.82. The van der Waals surface area contributed by atoms with Gasteiger partial charge in [0, 0.05) is 11.8 Å². The van der Waals surface area contributed by atoms with Crippen LogP contribution in [0.25, 0.3) is 0 Å². The highest BCUT2D eigenvalue weighted by Crippen LogP contribution is 2.09. The predicted molar refractivity (Wildman–Crippen MR) is 62.4 cm³/mol. The van der Waals surface area contributed by atoms with Crippen LogP contribution in [0.5, 0.6) is 0 Å². The fraction of sp³-hybridized carbons (Fsp3) is 0.500. The Hall–Kier alpha value is -1.58. The van der Waals surface area contributed by atoms with Gasteiger partial charge in [-0.2, -0.15) is 5.10 Å². The molecule has 0 saturated heterocycles. The van der Waals surface area contributed by atoms with Gasteiger partial charge in [-0.25, -0.2) is 4.79 Å². The molecule has 0 aromatic carbocycles. The van der Waals surface area contributed by atoms with E-state index in [4.69, 9.17) is 5.11 Å². The molecule has 1 N–H and O–H groups in total. The van der Waals surface area contributed by atoms with E-state index in [0.717, 1.165) is 29.8 Å². The average Bonchev–Trinajstić information content (AvgIpc) is 2.59. The van der Waals surface area contributed by atoms with E-state index >= 15 is 0 Å². The van der Waals surface area contributed by atoms with Crippen molar-refractivity contribution in [1.29, 1.82) is 0 Å². The van der Waals surface area contributed by atoms with Crippen molar-refractivity contribution in [3.63, 3.8) is 0 Å². The van der Waals surface area contributed by atoms with Gasteiger partial charge in [-0.1, -0.05) is 13.8 Å². The molecule has 1 heterocycles. The predicted octanol–water partition coefficient (Wildman–Crippen LogP) is 2.04. The van der Waals surface area contributed by atoms with Gasteiger partial charge >= 0.3 is 5.97 Å². The highest BCUT2D eigenvalue weighted by molar-refractivity contribution is 5.80. The average molecular weight is 222 g/mol. The molecule has 0 bridgehead atoms. The zero-order valence-electron chi connectivity index (χ0n) is 10.0. The monoisotopic (exact) mass is 222 g/mol. The third-order valence-corrected chi connectivity index (χ3v) is 2.41. The van der Waals surface area contributed by atoms with E-state index < -0.39 is 5.97 Å². The molecule has 0 amide bonds. The van der Waals surface area contributed by atoms with Crippen LogP contribution < -0.4 is 0 Å². The van der Waals surface area contributed by atoms with Crippen LogP contribution in [-0.4, -0.2) is 20.9 Å². The standard InChI is InChI=1S/C12H18N2O2/c1-4-10-7-11(5-2)14(13-10)8-9(3)6-12(15)16/h6-7H,4-5,8H2,1-3H3,(H,15,16)/b9-6+. The molecule has 4 nitrogen and oxygen atoms in total. The number of hydrogen-bond donors (Lipinski definition) is 1. The van der Waals surface area contributed by atoms with Crippen LogP contribution in [-0.2, 0) is 24.2 Å². The maximum Gasteiger partial charge on any atom is 0.328 e. The lowest BCUT2D eigenvalue weighted by atomic mass is 10.2. The Morgan fingerprint density at radius 3 is 2.69 bits per heavy atom. The highest BCUT2D eigenvalue weighted by atomic mass is 16.4. The van der Waals surface area contributed by atoms with Crippen LogP contribution in [0.3, 0.4) is 0 Å². The Morgan fingerprint density at radius 2 is 2.19 bits per heavy atom. The Kier molecular flexibility index (Phi) is 4.28. The van der Waals surface area contributed by atoms with Crippen LogP contribution in [0, 0.1) is 0 Å². The van der Waals surface area contributed by atoms with E-state index in [9.17, 15) is 4.79 Å². The normalized spacial score (nSPS) is 11.8. The quantitative estimate of drug-likeness (QED) is 0.776.